The number of thioether (sulfide) groups is 1. The molecule has 0 atom stereocenters. The highest BCUT2D eigenvalue weighted by Gasteiger charge is 2.07. The van der Waals surface area contributed by atoms with E-state index in [2.05, 4.69) is 4.98 Å². The molecule has 7 heteroatoms. The number of hydrogen-bond acceptors (Lipinski definition) is 5. The van der Waals surface area contributed by atoms with Crippen molar-refractivity contribution in [2.24, 2.45) is 0 Å². The zero-order chi connectivity index (χ0) is 13.5. The van der Waals surface area contributed by atoms with Gasteiger partial charge in [0.05, 0.1) is 12.1 Å². The Balaban J connectivity index is 2.25. The summed E-state index contributed by atoms with van der Waals surface area (Å²) in [6.45, 7) is 0. The lowest BCUT2D eigenvalue weighted by molar-refractivity contribution is -0.136. The van der Waals surface area contributed by atoms with Gasteiger partial charge in [-0.15, -0.1) is 11.3 Å². The van der Waals surface area contributed by atoms with E-state index in [1.54, 1.807) is 36.1 Å². The molecule has 0 saturated carbocycles. The van der Waals surface area contributed by atoms with Crippen LogP contribution in [0.2, 0.25) is 0 Å². The van der Waals surface area contributed by atoms with E-state index < -0.39 is 5.97 Å². The van der Waals surface area contributed by atoms with Gasteiger partial charge in [-0.05, 0) is 6.42 Å². The summed E-state index contributed by atoms with van der Waals surface area (Å²) >= 11 is 3.02. The van der Waals surface area contributed by atoms with Gasteiger partial charge in [-0.2, -0.15) is 0 Å². The Kier molecular flexibility index (Phi) is 6.14. The van der Waals surface area contributed by atoms with Crippen LogP contribution in [0, 0.1) is 0 Å². The Morgan fingerprint density at radius 2 is 2.22 bits per heavy atom. The van der Waals surface area contributed by atoms with E-state index in [-0.39, 0.29) is 12.3 Å². The number of aromatic nitrogens is 1. The predicted molar refractivity (Wildman–Crippen MR) is 72.1 cm³/mol. The number of carbonyl (C=O) groups is 2. The molecule has 18 heavy (non-hydrogen) atoms. The van der Waals surface area contributed by atoms with Crippen LogP contribution in [0.15, 0.2) is 9.72 Å². The molecule has 100 valence electrons. The first-order valence-corrected chi connectivity index (χ1v) is 7.34. The monoisotopic (exact) mass is 288 g/mol. The van der Waals surface area contributed by atoms with Crippen molar-refractivity contribution in [1.29, 1.82) is 0 Å². The van der Waals surface area contributed by atoms with Gasteiger partial charge in [-0.3, -0.25) is 9.59 Å². The van der Waals surface area contributed by atoms with Crippen molar-refractivity contribution in [2.45, 2.75) is 23.6 Å². The average molecular weight is 288 g/mol. The SMILES string of the molecule is CN(C)C(=O)CCCSc1nc(CC(=O)O)cs1. The van der Waals surface area contributed by atoms with Crippen LogP contribution >= 0.6 is 23.1 Å². The van der Waals surface area contributed by atoms with Crippen LogP contribution in [0.4, 0.5) is 0 Å². The number of thiazole rings is 1. The molecule has 1 aromatic heterocycles. The zero-order valence-electron chi connectivity index (χ0n) is 10.4. The van der Waals surface area contributed by atoms with E-state index in [4.69, 9.17) is 5.11 Å². The molecule has 1 heterocycles. The summed E-state index contributed by atoms with van der Waals surface area (Å²) < 4.78 is 0.864. The minimum Gasteiger partial charge on any atom is -0.481 e. The van der Waals surface area contributed by atoms with Crippen LogP contribution in [0.1, 0.15) is 18.5 Å². The van der Waals surface area contributed by atoms with E-state index >= 15 is 0 Å². The van der Waals surface area contributed by atoms with Gasteiger partial charge in [-0.1, -0.05) is 11.8 Å². The Morgan fingerprint density at radius 3 is 2.83 bits per heavy atom. The average Bonchev–Trinajstić information content (AvgIpc) is 2.70. The molecule has 0 aliphatic carbocycles. The molecule has 1 aromatic rings. The third-order valence-corrected chi connectivity index (χ3v) is 4.28. The molecule has 0 saturated heterocycles. The van der Waals surface area contributed by atoms with Crippen LogP contribution in [-0.4, -0.2) is 46.7 Å². The Bertz CT molecular complexity index is 418. The molecule has 0 fully saturated rings. The highest BCUT2D eigenvalue weighted by atomic mass is 32.2. The molecule has 1 N–H and O–H groups in total. The first-order chi connectivity index (χ1) is 8.49. The van der Waals surface area contributed by atoms with Crippen molar-refractivity contribution < 1.29 is 14.7 Å². The maximum atomic E-state index is 11.3. The normalized spacial score (nSPS) is 10.3. The van der Waals surface area contributed by atoms with Crippen molar-refractivity contribution in [3.8, 4) is 0 Å². The largest absolute Gasteiger partial charge is 0.481 e. The summed E-state index contributed by atoms with van der Waals surface area (Å²) in [5, 5.41) is 10.4. The molecule has 0 bridgehead atoms. The number of carboxylic acid groups (broad SMARTS) is 1. The molecule has 0 radical (unpaired) electrons. The molecular weight excluding hydrogens is 272 g/mol. The van der Waals surface area contributed by atoms with E-state index in [0.29, 0.717) is 12.1 Å². The quantitative estimate of drug-likeness (QED) is 0.611. The maximum Gasteiger partial charge on any atom is 0.309 e. The third-order valence-electron chi connectivity index (χ3n) is 2.12. The maximum absolute atomic E-state index is 11.3. The Hall–Kier alpha value is -1.08. The first-order valence-electron chi connectivity index (χ1n) is 5.48. The molecular formula is C11H16N2O3S2. The van der Waals surface area contributed by atoms with Gasteiger partial charge in [0.1, 0.15) is 4.34 Å². The fourth-order valence-corrected chi connectivity index (χ4v) is 3.05. The van der Waals surface area contributed by atoms with Crippen molar-refractivity contribution in [2.75, 3.05) is 19.8 Å². The number of amides is 1. The van der Waals surface area contributed by atoms with Crippen molar-refractivity contribution in [1.82, 2.24) is 9.88 Å². The summed E-state index contributed by atoms with van der Waals surface area (Å²) in [5.41, 5.74) is 0.597. The van der Waals surface area contributed by atoms with Crippen LogP contribution in [0.25, 0.3) is 0 Å². The van der Waals surface area contributed by atoms with Gasteiger partial charge in [-0.25, -0.2) is 4.98 Å². The molecule has 5 nitrogen and oxygen atoms in total. The number of carbonyl (C=O) groups excluding carboxylic acids is 1. The third kappa shape index (κ3) is 5.50. The van der Waals surface area contributed by atoms with Crippen LogP contribution in [0.3, 0.4) is 0 Å². The fraction of sp³-hybridized carbons (Fsp3) is 0.545. The predicted octanol–water partition coefficient (Wildman–Crippen LogP) is 1.73. The van der Waals surface area contributed by atoms with Gasteiger partial charge >= 0.3 is 5.97 Å². The van der Waals surface area contributed by atoms with E-state index in [1.165, 1.54) is 11.3 Å². The van der Waals surface area contributed by atoms with E-state index in [1.807, 2.05) is 0 Å². The lowest BCUT2D eigenvalue weighted by Gasteiger charge is -2.08. The summed E-state index contributed by atoms with van der Waals surface area (Å²) in [4.78, 5) is 27.6. The molecule has 0 aromatic carbocycles. The molecule has 0 spiro atoms. The number of hydrogen-bond donors (Lipinski definition) is 1. The Morgan fingerprint density at radius 1 is 1.50 bits per heavy atom. The summed E-state index contributed by atoms with van der Waals surface area (Å²) in [5.74, 6) is 0.0781. The zero-order valence-corrected chi connectivity index (χ0v) is 12.0. The fourth-order valence-electron chi connectivity index (χ4n) is 1.20. The summed E-state index contributed by atoms with van der Waals surface area (Å²) in [6, 6.07) is 0. The van der Waals surface area contributed by atoms with E-state index in [9.17, 15) is 9.59 Å². The van der Waals surface area contributed by atoms with E-state index in [0.717, 1.165) is 16.5 Å². The van der Waals surface area contributed by atoms with Gasteiger partial charge in [0, 0.05) is 31.6 Å². The molecule has 1 rings (SSSR count). The number of rotatable bonds is 7. The topological polar surface area (TPSA) is 70.5 Å². The second kappa shape index (κ2) is 7.38. The lowest BCUT2D eigenvalue weighted by atomic mass is 10.3. The highest BCUT2D eigenvalue weighted by molar-refractivity contribution is 8.01. The minimum absolute atomic E-state index is 0.0316. The number of nitrogens with zero attached hydrogens (tertiary/aromatic N) is 2. The van der Waals surface area contributed by atoms with Gasteiger partial charge in [0.15, 0.2) is 0 Å². The van der Waals surface area contributed by atoms with Gasteiger partial charge < -0.3 is 10.0 Å². The second-order valence-corrected chi connectivity index (χ2v) is 6.12. The Labute approximate surface area is 114 Å². The van der Waals surface area contributed by atoms with Gasteiger partial charge in [0.25, 0.3) is 0 Å². The van der Waals surface area contributed by atoms with Crippen molar-refractivity contribution in [3.05, 3.63) is 11.1 Å². The van der Waals surface area contributed by atoms with Crippen LogP contribution in [-0.2, 0) is 16.0 Å². The van der Waals surface area contributed by atoms with Crippen molar-refractivity contribution in [3.63, 3.8) is 0 Å². The second-order valence-electron chi connectivity index (χ2n) is 3.92. The minimum atomic E-state index is -0.867. The molecule has 1 amide bonds. The smallest absolute Gasteiger partial charge is 0.309 e. The molecule has 0 aliphatic rings. The number of carboxylic acids is 1. The summed E-state index contributed by atoms with van der Waals surface area (Å²) in [7, 11) is 3.49. The summed E-state index contributed by atoms with van der Waals surface area (Å²) in [6.07, 6.45) is 1.30. The first kappa shape index (κ1) is 15.0. The van der Waals surface area contributed by atoms with Crippen LogP contribution in [0.5, 0.6) is 0 Å². The van der Waals surface area contributed by atoms with Crippen LogP contribution < -0.4 is 0 Å². The number of aliphatic carboxylic acids is 1. The van der Waals surface area contributed by atoms with Gasteiger partial charge in [0.2, 0.25) is 5.91 Å². The lowest BCUT2D eigenvalue weighted by Crippen LogP contribution is -2.21. The van der Waals surface area contributed by atoms with Crippen molar-refractivity contribution >= 4 is 35.0 Å². The molecule has 0 aliphatic heterocycles. The molecule has 0 unspecified atom stereocenters. The highest BCUT2D eigenvalue weighted by Crippen LogP contribution is 2.23. The standard InChI is InChI=1S/C11H16N2O3S2/c1-13(2)9(14)4-3-5-17-11-12-8(7-18-11)6-10(15)16/h7H,3-6H2,1-2H3,(H,15,16).